The number of hydrogen-bond acceptors (Lipinski definition) is 5. The average Bonchev–Trinajstić information content (AvgIpc) is 3.13. The van der Waals surface area contributed by atoms with Crippen molar-refractivity contribution in [1.29, 1.82) is 0 Å². The Balaban J connectivity index is 1.72. The number of benzene rings is 1. The predicted molar refractivity (Wildman–Crippen MR) is 117 cm³/mol. The van der Waals surface area contributed by atoms with E-state index in [4.69, 9.17) is 4.74 Å². The van der Waals surface area contributed by atoms with E-state index in [1.807, 2.05) is 36.2 Å². The van der Waals surface area contributed by atoms with Crippen LogP contribution in [0.2, 0.25) is 0 Å². The number of amides is 1. The maximum atomic E-state index is 12.7. The fraction of sp³-hybridized carbons (Fsp3) is 0.591. The van der Waals surface area contributed by atoms with Crippen molar-refractivity contribution >= 4 is 17.7 Å². The van der Waals surface area contributed by atoms with Crippen molar-refractivity contribution in [3.63, 3.8) is 0 Å². The van der Waals surface area contributed by atoms with Crippen LogP contribution in [0.15, 0.2) is 29.4 Å². The highest BCUT2D eigenvalue weighted by Gasteiger charge is 2.23. The maximum absolute atomic E-state index is 12.7. The Morgan fingerprint density at radius 1 is 1.21 bits per heavy atom. The second kappa shape index (κ2) is 10.1. The van der Waals surface area contributed by atoms with Crippen molar-refractivity contribution in [3.05, 3.63) is 24.3 Å². The van der Waals surface area contributed by atoms with E-state index in [1.165, 1.54) is 31.0 Å². The molecule has 2 aromatic rings. The van der Waals surface area contributed by atoms with Crippen LogP contribution in [0, 0.1) is 5.92 Å². The molecule has 0 N–H and O–H groups in total. The minimum Gasteiger partial charge on any atom is -0.497 e. The fourth-order valence-electron chi connectivity index (χ4n) is 3.78. The van der Waals surface area contributed by atoms with Gasteiger partial charge in [0.15, 0.2) is 11.0 Å². The SMILES string of the molecule is COc1ccc(-c2nnc(SCC(=O)N(C)C3CCCCC3)n2CC(C)C)cc1. The van der Waals surface area contributed by atoms with Crippen molar-refractivity contribution in [2.45, 2.75) is 63.7 Å². The summed E-state index contributed by atoms with van der Waals surface area (Å²) in [5.74, 6) is 2.66. The zero-order chi connectivity index (χ0) is 20.8. The quantitative estimate of drug-likeness (QED) is 0.593. The molecule has 1 aliphatic carbocycles. The number of carbonyl (C=O) groups excluding carboxylic acids is 1. The van der Waals surface area contributed by atoms with E-state index < -0.39 is 0 Å². The fourth-order valence-corrected chi connectivity index (χ4v) is 4.65. The van der Waals surface area contributed by atoms with E-state index in [-0.39, 0.29) is 5.91 Å². The minimum atomic E-state index is 0.173. The van der Waals surface area contributed by atoms with Crippen molar-refractivity contribution in [2.24, 2.45) is 5.92 Å². The lowest BCUT2D eigenvalue weighted by molar-refractivity contribution is -0.129. The first kappa shape index (κ1) is 21.7. The molecule has 1 fully saturated rings. The van der Waals surface area contributed by atoms with Gasteiger partial charge in [-0.1, -0.05) is 44.9 Å². The van der Waals surface area contributed by atoms with Gasteiger partial charge in [0, 0.05) is 25.2 Å². The van der Waals surface area contributed by atoms with Gasteiger partial charge in [-0.15, -0.1) is 10.2 Å². The minimum absolute atomic E-state index is 0.173. The summed E-state index contributed by atoms with van der Waals surface area (Å²) >= 11 is 1.49. The van der Waals surface area contributed by atoms with Crippen LogP contribution in [0.4, 0.5) is 0 Å². The third-order valence-electron chi connectivity index (χ3n) is 5.45. The summed E-state index contributed by atoms with van der Waals surface area (Å²) in [4.78, 5) is 14.7. The van der Waals surface area contributed by atoms with Gasteiger partial charge in [0.05, 0.1) is 12.9 Å². The maximum Gasteiger partial charge on any atom is 0.233 e. The van der Waals surface area contributed by atoms with Crippen LogP contribution in [-0.4, -0.2) is 51.5 Å². The molecule has 7 heteroatoms. The number of methoxy groups -OCH3 is 1. The van der Waals surface area contributed by atoms with Crippen LogP contribution in [0.25, 0.3) is 11.4 Å². The third kappa shape index (κ3) is 5.53. The Morgan fingerprint density at radius 2 is 1.90 bits per heavy atom. The highest BCUT2D eigenvalue weighted by molar-refractivity contribution is 7.99. The molecule has 0 unspecified atom stereocenters. The number of carbonyl (C=O) groups is 1. The molecule has 0 saturated heterocycles. The Morgan fingerprint density at radius 3 is 2.52 bits per heavy atom. The molecule has 0 spiro atoms. The normalized spacial score (nSPS) is 14.9. The first-order chi connectivity index (χ1) is 14.0. The van der Waals surface area contributed by atoms with Gasteiger partial charge in [0.1, 0.15) is 5.75 Å². The van der Waals surface area contributed by atoms with Crippen molar-refractivity contribution in [2.75, 3.05) is 19.9 Å². The molecule has 0 aliphatic heterocycles. The van der Waals surface area contributed by atoms with Gasteiger partial charge in [-0.2, -0.15) is 0 Å². The molecule has 0 atom stereocenters. The summed E-state index contributed by atoms with van der Waals surface area (Å²) in [5.41, 5.74) is 0.997. The molecule has 1 aromatic carbocycles. The van der Waals surface area contributed by atoms with Gasteiger partial charge in [0.2, 0.25) is 5.91 Å². The molecule has 0 bridgehead atoms. The Hall–Kier alpha value is -2.02. The van der Waals surface area contributed by atoms with E-state index >= 15 is 0 Å². The highest BCUT2D eigenvalue weighted by Crippen LogP contribution is 2.28. The summed E-state index contributed by atoms with van der Waals surface area (Å²) in [6, 6.07) is 8.24. The highest BCUT2D eigenvalue weighted by atomic mass is 32.2. The van der Waals surface area contributed by atoms with Gasteiger partial charge in [-0.3, -0.25) is 4.79 Å². The Labute approximate surface area is 178 Å². The largest absolute Gasteiger partial charge is 0.497 e. The van der Waals surface area contributed by atoms with E-state index in [1.54, 1.807) is 7.11 Å². The van der Waals surface area contributed by atoms with Crippen LogP contribution in [-0.2, 0) is 11.3 Å². The first-order valence-electron chi connectivity index (χ1n) is 10.5. The van der Waals surface area contributed by atoms with E-state index in [0.717, 1.165) is 41.7 Å². The first-order valence-corrected chi connectivity index (χ1v) is 11.4. The average molecular weight is 417 g/mol. The molecule has 1 aliphatic rings. The van der Waals surface area contributed by atoms with Crippen LogP contribution in [0.1, 0.15) is 46.0 Å². The second-order valence-electron chi connectivity index (χ2n) is 8.12. The molecule has 1 aromatic heterocycles. The van der Waals surface area contributed by atoms with Crippen molar-refractivity contribution in [1.82, 2.24) is 19.7 Å². The molecular formula is C22H32N4O2S. The molecule has 3 rings (SSSR count). The smallest absolute Gasteiger partial charge is 0.233 e. The van der Waals surface area contributed by atoms with E-state index in [9.17, 15) is 4.79 Å². The molecule has 1 amide bonds. The lowest BCUT2D eigenvalue weighted by Crippen LogP contribution is -2.39. The Kier molecular flexibility index (Phi) is 7.58. The number of hydrogen-bond donors (Lipinski definition) is 0. The van der Waals surface area contributed by atoms with Crippen LogP contribution < -0.4 is 4.74 Å². The summed E-state index contributed by atoms with van der Waals surface area (Å²) in [5, 5.41) is 9.64. The van der Waals surface area contributed by atoms with Gasteiger partial charge in [-0.05, 0) is 43.0 Å². The second-order valence-corrected chi connectivity index (χ2v) is 9.07. The third-order valence-corrected chi connectivity index (χ3v) is 6.40. The summed E-state index contributed by atoms with van der Waals surface area (Å²) < 4.78 is 7.38. The van der Waals surface area contributed by atoms with Gasteiger partial charge in [0.25, 0.3) is 0 Å². The lowest BCUT2D eigenvalue weighted by Gasteiger charge is -2.31. The zero-order valence-corrected chi connectivity index (χ0v) is 18.7. The number of aromatic nitrogens is 3. The van der Waals surface area contributed by atoms with Gasteiger partial charge < -0.3 is 14.2 Å². The van der Waals surface area contributed by atoms with Gasteiger partial charge in [-0.25, -0.2) is 0 Å². The summed E-state index contributed by atoms with van der Waals surface area (Å²) in [6.45, 7) is 5.16. The van der Waals surface area contributed by atoms with Crippen molar-refractivity contribution < 1.29 is 9.53 Å². The summed E-state index contributed by atoms with van der Waals surface area (Å²) in [7, 11) is 3.60. The lowest BCUT2D eigenvalue weighted by atomic mass is 9.94. The molecular weight excluding hydrogens is 384 g/mol. The molecule has 1 saturated carbocycles. The monoisotopic (exact) mass is 416 g/mol. The topological polar surface area (TPSA) is 60.3 Å². The molecule has 1 heterocycles. The van der Waals surface area contributed by atoms with Crippen LogP contribution >= 0.6 is 11.8 Å². The number of ether oxygens (including phenoxy) is 1. The van der Waals surface area contributed by atoms with E-state index in [2.05, 4.69) is 28.6 Å². The van der Waals surface area contributed by atoms with Crippen LogP contribution in [0.3, 0.4) is 0 Å². The number of nitrogens with zero attached hydrogens (tertiary/aromatic N) is 4. The molecule has 0 radical (unpaired) electrons. The standard InChI is InChI=1S/C22H32N4O2S/c1-16(2)14-26-21(17-10-12-19(28-4)13-11-17)23-24-22(26)29-15-20(27)25(3)18-8-6-5-7-9-18/h10-13,16,18H,5-9,14-15H2,1-4H3. The van der Waals surface area contributed by atoms with Gasteiger partial charge >= 0.3 is 0 Å². The number of thioether (sulfide) groups is 1. The number of rotatable bonds is 8. The summed E-state index contributed by atoms with van der Waals surface area (Å²) in [6.07, 6.45) is 5.99. The predicted octanol–water partition coefficient (Wildman–Crippen LogP) is 4.49. The molecule has 158 valence electrons. The van der Waals surface area contributed by atoms with Crippen molar-refractivity contribution in [3.8, 4) is 17.1 Å². The molecule has 6 nitrogen and oxygen atoms in total. The van der Waals surface area contributed by atoms with E-state index in [0.29, 0.717) is 17.7 Å². The Bertz CT molecular complexity index is 798. The molecule has 29 heavy (non-hydrogen) atoms. The zero-order valence-electron chi connectivity index (χ0n) is 17.9. The van der Waals surface area contributed by atoms with Crippen LogP contribution in [0.5, 0.6) is 5.75 Å².